The van der Waals surface area contributed by atoms with Gasteiger partial charge in [0.1, 0.15) is 6.61 Å². The molecule has 1 rings (SSSR count). The van der Waals surface area contributed by atoms with Gasteiger partial charge in [0.15, 0.2) is 5.78 Å². The second-order valence-corrected chi connectivity index (χ2v) is 5.72. The topological polar surface area (TPSA) is 44.8 Å². The Kier molecular flexibility index (Phi) is 7.90. The van der Waals surface area contributed by atoms with Crippen LogP contribution in [0.15, 0.2) is 6.07 Å². The van der Waals surface area contributed by atoms with Crippen molar-refractivity contribution in [2.75, 3.05) is 40.1 Å². The summed E-state index contributed by atoms with van der Waals surface area (Å²) in [5.74, 6) is 0.0428. The van der Waals surface area contributed by atoms with Crippen LogP contribution in [-0.2, 0) is 14.2 Å². The van der Waals surface area contributed by atoms with E-state index >= 15 is 0 Å². The molecule has 0 aliphatic carbocycles. The van der Waals surface area contributed by atoms with Crippen molar-refractivity contribution < 1.29 is 19.0 Å². The van der Waals surface area contributed by atoms with Gasteiger partial charge in [0.2, 0.25) is 0 Å². The van der Waals surface area contributed by atoms with Crippen LogP contribution in [0, 0.1) is 13.8 Å². The molecule has 1 aromatic heterocycles. The third kappa shape index (κ3) is 6.29. The van der Waals surface area contributed by atoms with Crippen molar-refractivity contribution in [3.05, 3.63) is 21.4 Å². The van der Waals surface area contributed by atoms with Crippen molar-refractivity contribution in [2.45, 2.75) is 20.3 Å². The molecular weight excluding hydrogens is 264 g/mol. The van der Waals surface area contributed by atoms with Crippen LogP contribution >= 0.6 is 11.3 Å². The van der Waals surface area contributed by atoms with Gasteiger partial charge in [0.05, 0.1) is 13.2 Å². The average molecular weight is 286 g/mol. The molecule has 0 amide bonds. The fraction of sp³-hybridized carbons (Fsp3) is 0.643. The first-order valence-electron chi connectivity index (χ1n) is 6.39. The number of methoxy groups -OCH3 is 1. The van der Waals surface area contributed by atoms with E-state index in [4.69, 9.17) is 14.2 Å². The number of carbonyl (C=O) groups excluding carboxylic acids is 1. The second kappa shape index (κ2) is 9.20. The van der Waals surface area contributed by atoms with Gasteiger partial charge < -0.3 is 14.2 Å². The molecule has 1 heterocycles. The van der Waals surface area contributed by atoms with Crippen LogP contribution in [0.3, 0.4) is 0 Å². The van der Waals surface area contributed by atoms with Gasteiger partial charge in [-0.05, 0) is 26.3 Å². The first-order chi connectivity index (χ1) is 9.15. The van der Waals surface area contributed by atoms with E-state index in [1.807, 2.05) is 19.9 Å². The molecule has 0 aromatic carbocycles. The third-order valence-corrected chi connectivity index (χ3v) is 3.55. The SMILES string of the molecule is COCCCOCCOCC(=O)c1cc(C)sc1C. The number of rotatable bonds is 10. The number of ether oxygens (including phenoxy) is 3. The smallest absolute Gasteiger partial charge is 0.189 e. The number of Topliss-reactive ketones (excluding diaryl/α,β-unsaturated/α-hetero) is 1. The Bertz CT molecular complexity index is 387. The molecule has 0 radical (unpaired) electrons. The maximum absolute atomic E-state index is 11.9. The normalized spacial score (nSPS) is 10.9. The maximum atomic E-state index is 11.9. The van der Waals surface area contributed by atoms with Crippen LogP contribution in [0.25, 0.3) is 0 Å². The Balaban J connectivity index is 2.09. The molecule has 108 valence electrons. The molecule has 5 heteroatoms. The summed E-state index contributed by atoms with van der Waals surface area (Å²) in [7, 11) is 1.67. The summed E-state index contributed by atoms with van der Waals surface area (Å²) in [5.41, 5.74) is 0.781. The lowest BCUT2D eigenvalue weighted by Gasteiger charge is -2.05. The first kappa shape index (κ1) is 16.3. The quantitative estimate of drug-likeness (QED) is 0.490. The van der Waals surface area contributed by atoms with Gasteiger partial charge in [-0.15, -0.1) is 11.3 Å². The standard InChI is InChI=1S/C14H22O4S/c1-11-9-13(12(2)19-11)14(15)10-18-8-7-17-6-4-5-16-3/h9H,4-8,10H2,1-3H3. The molecule has 0 atom stereocenters. The van der Waals surface area contributed by atoms with E-state index in [1.165, 1.54) is 0 Å². The summed E-state index contributed by atoms with van der Waals surface area (Å²) in [6.07, 6.45) is 0.878. The van der Waals surface area contributed by atoms with E-state index in [0.717, 1.165) is 21.7 Å². The monoisotopic (exact) mass is 286 g/mol. The molecule has 0 fully saturated rings. The minimum atomic E-state index is 0.0428. The summed E-state index contributed by atoms with van der Waals surface area (Å²) in [6, 6.07) is 1.92. The van der Waals surface area contributed by atoms with E-state index in [1.54, 1.807) is 18.4 Å². The Morgan fingerprint density at radius 1 is 1.16 bits per heavy atom. The number of hydrogen-bond donors (Lipinski definition) is 0. The van der Waals surface area contributed by atoms with Gasteiger partial charge in [-0.3, -0.25) is 4.79 Å². The molecule has 4 nitrogen and oxygen atoms in total. The Labute approximate surface area is 118 Å². The summed E-state index contributed by atoms with van der Waals surface area (Å²) >= 11 is 1.64. The molecule has 1 aromatic rings. The van der Waals surface area contributed by atoms with Crippen LogP contribution in [0.5, 0.6) is 0 Å². The van der Waals surface area contributed by atoms with Gasteiger partial charge >= 0.3 is 0 Å². The van der Waals surface area contributed by atoms with E-state index in [2.05, 4.69) is 0 Å². The molecule has 0 aliphatic rings. The van der Waals surface area contributed by atoms with Crippen molar-refractivity contribution in [1.29, 1.82) is 0 Å². The predicted octanol–water partition coefficient (Wildman–Crippen LogP) is 2.62. The minimum absolute atomic E-state index is 0.0428. The Morgan fingerprint density at radius 2 is 1.89 bits per heavy atom. The minimum Gasteiger partial charge on any atom is -0.385 e. The summed E-state index contributed by atoms with van der Waals surface area (Å²) < 4.78 is 15.6. The average Bonchev–Trinajstić information content (AvgIpc) is 2.71. The summed E-state index contributed by atoms with van der Waals surface area (Å²) in [6.45, 7) is 6.41. The van der Waals surface area contributed by atoms with Gasteiger partial charge in [0, 0.05) is 35.6 Å². The fourth-order valence-electron chi connectivity index (χ4n) is 1.68. The van der Waals surface area contributed by atoms with Gasteiger partial charge in [-0.25, -0.2) is 0 Å². The number of aryl methyl sites for hydroxylation is 2. The molecular formula is C14H22O4S. The summed E-state index contributed by atoms with van der Waals surface area (Å²) in [5, 5.41) is 0. The van der Waals surface area contributed by atoms with E-state index < -0.39 is 0 Å². The fourth-order valence-corrected chi connectivity index (χ4v) is 2.62. The van der Waals surface area contributed by atoms with Crippen LogP contribution in [-0.4, -0.2) is 45.9 Å². The highest BCUT2D eigenvalue weighted by molar-refractivity contribution is 7.12. The number of carbonyl (C=O) groups is 1. The predicted molar refractivity (Wildman–Crippen MR) is 76.3 cm³/mol. The van der Waals surface area contributed by atoms with Crippen LogP contribution in [0.1, 0.15) is 26.5 Å². The van der Waals surface area contributed by atoms with E-state index in [-0.39, 0.29) is 12.4 Å². The highest BCUT2D eigenvalue weighted by Gasteiger charge is 2.11. The zero-order chi connectivity index (χ0) is 14.1. The second-order valence-electron chi connectivity index (χ2n) is 4.26. The van der Waals surface area contributed by atoms with Crippen LogP contribution in [0.2, 0.25) is 0 Å². The van der Waals surface area contributed by atoms with Gasteiger partial charge in [-0.1, -0.05) is 0 Å². The number of ketones is 1. The van der Waals surface area contributed by atoms with Crippen molar-refractivity contribution in [2.24, 2.45) is 0 Å². The Morgan fingerprint density at radius 3 is 2.53 bits per heavy atom. The van der Waals surface area contributed by atoms with Crippen LogP contribution < -0.4 is 0 Å². The lowest BCUT2D eigenvalue weighted by atomic mass is 10.2. The van der Waals surface area contributed by atoms with Gasteiger partial charge in [-0.2, -0.15) is 0 Å². The molecule has 0 saturated heterocycles. The van der Waals surface area contributed by atoms with Crippen molar-refractivity contribution in [1.82, 2.24) is 0 Å². The van der Waals surface area contributed by atoms with Gasteiger partial charge in [0.25, 0.3) is 0 Å². The van der Waals surface area contributed by atoms with Crippen molar-refractivity contribution in [3.8, 4) is 0 Å². The number of hydrogen-bond acceptors (Lipinski definition) is 5. The molecule has 0 spiro atoms. The Hall–Kier alpha value is -0.750. The van der Waals surface area contributed by atoms with E-state index in [0.29, 0.717) is 26.4 Å². The molecule has 0 aliphatic heterocycles. The summed E-state index contributed by atoms with van der Waals surface area (Å²) in [4.78, 5) is 14.1. The zero-order valence-corrected chi connectivity index (χ0v) is 12.7. The maximum Gasteiger partial charge on any atom is 0.189 e. The highest BCUT2D eigenvalue weighted by Crippen LogP contribution is 2.20. The molecule has 0 N–H and O–H groups in total. The highest BCUT2D eigenvalue weighted by atomic mass is 32.1. The van der Waals surface area contributed by atoms with Crippen LogP contribution in [0.4, 0.5) is 0 Å². The van der Waals surface area contributed by atoms with Crippen molar-refractivity contribution >= 4 is 17.1 Å². The van der Waals surface area contributed by atoms with E-state index in [9.17, 15) is 4.79 Å². The molecule has 0 saturated carbocycles. The molecule has 19 heavy (non-hydrogen) atoms. The zero-order valence-electron chi connectivity index (χ0n) is 11.9. The first-order valence-corrected chi connectivity index (χ1v) is 7.21. The lowest BCUT2D eigenvalue weighted by molar-refractivity contribution is 0.0382. The van der Waals surface area contributed by atoms with Crippen molar-refractivity contribution in [3.63, 3.8) is 0 Å². The molecule has 0 bridgehead atoms. The molecule has 0 unspecified atom stereocenters. The third-order valence-electron chi connectivity index (χ3n) is 2.58. The largest absolute Gasteiger partial charge is 0.385 e. The lowest BCUT2D eigenvalue weighted by Crippen LogP contribution is -2.13. The number of thiophene rings is 1.